The summed E-state index contributed by atoms with van der Waals surface area (Å²) in [5, 5.41) is 17.3. The summed E-state index contributed by atoms with van der Waals surface area (Å²) >= 11 is 0.770. The number of aryl methyl sites for hydroxylation is 1. The van der Waals surface area contributed by atoms with Crippen LogP contribution in [0.4, 0.5) is 20.3 Å². The summed E-state index contributed by atoms with van der Waals surface area (Å²) in [4.78, 5) is 38.7. The van der Waals surface area contributed by atoms with E-state index in [0.29, 0.717) is 0 Å². The van der Waals surface area contributed by atoms with Crippen LogP contribution in [0.15, 0.2) is 41.1 Å². The second-order valence-electron chi connectivity index (χ2n) is 6.72. The van der Waals surface area contributed by atoms with Crippen LogP contribution in [0.5, 0.6) is 0 Å². The van der Waals surface area contributed by atoms with E-state index in [-0.39, 0.29) is 50.9 Å². The molecule has 0 radical (unpaired) electrons. The van der Waals surface area contributed by atoms with Gasteiger partial charge in [-0.1, -0.05) is 0 Å². The molecule has 0 fully saturated rings. The maximum absolute atomic E-state index is 13.4. The van der Waals surface area contributed by atoms with Crippen molar-refractivity contribution in [2.24, 2.45) is 5.73 Å². The second kappa shape index (κ2) is 8.74. The summed E-state index contributed by atoms with van der Waals surface area (Å²) in [6, 6.07) is 5.42. The Labute approximate surface area is 187 Å². The van der Waals surface area contributed by atoms with Crippen molar-refractivity contribution in [1.82, 2.24) is 14.8 Å². The second-order valence-corrected chi connectivity index (χ2v) is 7.71. The predicted molar refractivity (Wildman–Crippen MR) is 113 cm³/mol. The number of nitrogens with two attached hydrogens (primary N) is 1. The number of carbonyl (C=O) groups excluding carboxylic acids is 2. The number of nitrogens with one attached hydrogen (secondary N) is 1. The van der Waals surface area contributed by atoms with E-state index in [1.807, 2.05) is 0 Å². The minimum absolute atomic E-state index is 0.0203. The maximum Gasteiger partial charge on any atom is 0.389 e. The van der Waals surface area contributed by atoms with Crippen LogP contribution in [-0.4, -0.2) is 31.5 Å². The first-order valence-corrected chi connectivity index (χ1v) is 10.1. The van der Waals surface area contributed by atoms with Gasteiger partial charge in [0.1, 0.15) is 21.2 Å². The Hall–Kier alpha value is -4.20. The molecule has 4 aromatic rings. The Morgan fingerprint density at radius 2 is 2.15 bits per heavy atom. The summed E-state index contributed by atoms with van der Waals surface area (Å²) in [6.45, 7) is 0.0203. The summed E-state index contributed by atoms with van der Waals surface area (Å²) < 4.78 is 33.4. The van der Waals surface area contributed by atoms with Gasteiger partial charge in [-0.05, 0) is 23.1 Å². The molecule has 0 aromatic carbocycles. The quantitative estimate of drug-likeness (QED) is 0.289. The van der Waals surface area contributed by atoms with E-state index < -0.39 is 28.9 Å². The molecular weight excluding hydrogens is 462 g/mol. The molecule has 0 aliphatic carbocycles. The van der Waals surface area contributed by atoms with Crippen LogP contribution < -0.4 is 11.1 Å². The number of rotatable bonds is 8. The van der Waals surface area contributed by atoms with E-state index in [2.05, 4.69) is 15.4 Å². The lowest BCUT2D eigenvalue weighted by Crippen LogP contribution is -2.18. The fraction of sp³-hybridized carbons (Fsp3) is 0.158. The summed E-state index contributed by atoms with van der Waals surface area (Å²) in [7, 11) is 0. The van der Waals surface area contributed by atoms with Crippen molar-refractivity contribution >= 4 is 44.9 Å². The Kier molecular flexibility index (Phi) is 5.83. The fourth-order valence-electron chi connectivity index (χ4n) is 3.14. The molecule has 0 unspecified atom stereocenters. The first-order valence-electron chi connectivity index (χ1n) is 9.31. The number of amides is 2. The third-order valence-electron chi connectivity index (χ3n) is 4.56. The van der Waals surface area contributed by atoms with E-state index in [9.17, 15) is 28.5 Å². The summed E-state index contributed by atoms with van der Waals surface area (Å²) in [5.41, 5.74) is 5.17. The third kappa shape index (κ3) is 4.41. The molecule has 11 nitrogen and oxygen atoms in total. The number of hydrogen-bond acceptors (Lipinski definition) is 8. The van der Waals surface area contributed by atoms with Gasteiger partial charge in [-0.2, -0.15) is 4.68 Å². The number of carbonyl (C=O) groups is 2. The van der Waals surface area contributed by atoms with Crippen LogP contribution in [0, 0.1) is 10.1 Å². The molecule has 4 rings (SSSR count). The van der Waals surface area contributed by atoms with Gasteiger partial charge in [0, 0.05) is 17.4 Å². The van der Waals surface area contributed by atoms with Gasteiger partial charge in [-0.3, -0.25) is 9.59 Å². The van der Waals surface area contributed by atoms with Crippen molar-refractivity contribution in [2.45, 2.75) is 19.4 Å². The van der Waals surface area contributed by atoms with E-state index in [0.717, 1.165) is 17.4 Å². The number of nitro groups is 1. The first-order chi connectivity index (χ1) is 15.7. The Morgan fingerprint density at radius 1 is 1.36 bits per heavy atom. The number of primary amides is 1. The molecule has 0 atom stereocenters. The zero-order chi connectivity index (χ0) is 23.7. The fourth-order valence-corrected chi connectivity index (χ4v) is 4.15. The lowest BCUT2D eigenvalue weighted by molar-refractivity contribution is -0.389. The van der Waals surface area contributed by atoms with Crippen molar-refractivity contribution in [3.05, 3.63) is 57.4 Å². The number of anilines is 1. The molecule has 33 heavy (non-hydrogen) atoms. The number of aromatic nitrogens is 3. The molecule has 0 aliphatic rings. The van der Waals surface area contributed by atoms with E-state index in [4.69, 9.17) is 10.2 Å². The van der Waals surface area contributed by atoms with Gasteiger partial charge in [0.2, 0.25) is 5.91 Å². The van der Waals surface area contributed by atoms with E-state index in [1.165, 1.54) is 23.2 Å². The third-order valence-corrected chi connectivity index (χ3v) is 5.66. The van der Waals surface area contributed by atoms with Crippen LogP contribution in [0.25, 0.3) is 21.5 Å². The van der Waals surface area contributed by atoms with Crippen LogP contribution in [0.3, 0.4) is 0 Å². The highest BCUT2D eigenvalue weighted by atomic mass is 32.1. The molecule has 4 heterocycles. The van der Waals surface area contributed by atoms with Crippen molar-refractivity contribution in [3.63, 3.8) is 0 Å². The topological polar surface area (TPSA) is 159 Å². The predicted octanol–water partition coefficient (Wildman–Crippen LogP) is 3.73. The molecule has 0 saturated carbocycles. The smallest absolute Gasteiger partial charge is 0.389 e. The highest BCUT2D eigenvalue weighted by Gasteiger charge is 2.25. The van der Waals surface area contributed by atoms with Crippen LogP contribution in [0.2, 0.25) is 0 Å². The van der Waals surface area contributed by atoms with Gasteiger partial charge in [0.05, 0.1) is 35.9 Å². The molecule has 0 saturated heterocycles. The lowest BCUT2D eigenvalue weighted by Gasteiger charge is -2.09. The normalized spacial score (nSPS) is 11.2. The minimum atomic E-state index is -2.88. The number of halogens is 2. The molecular formula is C19H14F2N6O5S. The number of pyridine rings is 1. The van der Waals surface area contributed by atoms with Gasteiger partial charge in [0.25, 0.3) is 12.3 Å². The van der Waals surface area contributed by atoms with Crippen molar-refractivity contribution in [1.29, 1.82) is 0 Å². The number of thiophene rings is 1. The lowest BCUT2D eigenvalue weighted by atomic mass is 10.1. The summed E-state index contributed by atoms with van der Waals surface area (Å²) in [6.07, 6.45) is -0.316. The average Bonchev–Trinajstić information content (AvgIpc) is 3.51. The van der Waals surface area contributed by atoms with Gasteiger partial charge in [0.15, 0.2) is 0 Å². The number of nitrogens with zero attached hydrogens (tertiary/aromatic N) is 4. The van der Waals surface area contributed by atoms with Crippen LogP contribution >= 0.6 is 11.3 Å². The Bertz CT molecular complexity index is 1360. The molecule has 4 aromatic heterocycles. The standard InChI is InChI=1S/C19H14F2N6O5S/c20-17(21)10-8-9(11-2-1-7-32-11)14-15(16(18(22)29)33-19(14)23-10)24-13(28)4-6-26-5-3-12(25-26)27(30)31/h1-3,5,7-8,17H,4,6H2,(H2,22,29)(H,24,28). The average molecular weight is 476 g/mol. The van der Waals surface area contributed by atoms with E-state index >= 15 is 0 Å². The molecule has 0 aliphatic heterocycles. The number of fused-ring (bicyclic) bond motifs is 1. The van der Waals surface area contributed by atoms with Crippen molar-refractivity contribution in [3.8, 4) is 11.3 Å². The highest BCUT2D eigenvalue weighted by molar-refractivity contribution is 7.21. The molecule has 3 N–H and O–H groups in total. The molecule has 0 spiro atoms. The first kappa shape index (κ1) is 22.0. The SMILES string of the molecule is NC(=O)c1sc2nc(C(F)F)cc(-c3ccco3)c2c1NC(=O)CCn1ccc([N+](=O)[O-])n1. The minimum Gasteiger partial charge on any atom is -0.464 e. The zero-order valence-electron chi connectivity index (χ0n) is 16.5. The van der Waals surface area contributed by atoms with Crippen LogP contribution in [-0.2, 0) is 11.3 Å². The van der Waals surface area contributed by atoms with E-state index in [1.54, 1.807) is 12.1 Å². The molecule has 0 bridgehead atoms. The van der Waals surface area contributed by atoms with Gasteiger partial charge >= 0.3 is 5.82 Å². The van der Waals surface area contributed by atoms with Gasteiger partial charge in [-0.15, -0.1) is 11.3 Å². The largest absolute Gasteiger partial charge is 0.464 e. The molecule has 2 amide bonds. The monoisotopic (exact) mass is 476 g/mol. The van der Waals surface area contributed by atoms with Crippen LogP contribution in [0.1, 0.15) is 28.2 Å². The zero-order valence-corrected chi connectivity index (χ0v) is 17.3. The number of alkyl halides is 2. The number of furan rings is 1. The number of hydrogen-bond donors (Lipinski definition) is 2. The van der Waals surface area contributed by atoms with Gasteiger partial charge < -0.3 is 25.6 Å². The Balaban J connectivity index is 1.71. The molecule has 170 valence electrons. The van der Waals surface area contributed by atoms with Crippen molar-refractivity contribution < 1.29 is 27.7 Å². The summed E-state index contributed by atoms with van der Waals surface area (Å²) in [5.74, 6) is -1.56. The highest BCUT2D eigenvalue weighted by Crippen LogP contribution is 2.42. The van der Waals surface area contributed by atoms with Gasteiger partial charge in [-0.25, -0.2) is 13.8 Å². The Morgan fingerprint density at radius 3 is 2.76 bits per heavy atom. The maximum atomic E-state index is 13.4. The van der Waals surface area contributed by atoms with Crippen molar-refractivity contribution in [2.75, 3.05) is 5.32 Å². The molecule has 14 heteroatoms.